The first kappa shape index (κ1) is 13.8. The number of rotatable bonds is 2. The summed E-state index contributed by atoms with van der Waals surface area (Å²) >= 11 is 0. The molecule has 2 aliphatic rings. The van der Waals surface area contributed by atoms with Crippen LogP contribution in [0.2, 0.25) is 0 Å². The van der Waals surface area contributed by atoms with Crippen LogP contribution in [-0.2, 0) is 6.54 Å². The van der Waals surface area contributed by atoms with Crippen LogP contribution < -0.4 is 5.73 Å². The van der Waals surface area contributed by atoms with Gasteiger partial charge in [-0.05, 0) is 43.2 Å². The van der Waals surface area contributed by atoms with Crippen molar-refractivity contribution in [3.8, 4) is 0 Å². The summed E-state index contributed by atoms with van der Waals surface area (Å²) in [6.45, 7) is 5.55. The smallest absolute Gasteiger partial charge is 0.0417 e. The fraction of sp³-hybridized carbons (Fsp3) is 0.643. The first-order chi connectivity index (χ1) is 8.24. The molecule has 3 atom stereocenters. The van der Waals surface area contributed by atoms with Crippen molar-refractivity contribution in [2.24, 2.45) is 17.6 Å². The van der Waals surface area contributed by atoms with Crippen LogP contribution in [0.25, 0.3) is 0 Å². The van der Waals surface area contributed by atoms with Gasteiger partial charge in [-0.1, -0.05) is 6.07 Å². The Morgan fingerprint density at radius 1 is 1.39 bits per heavy atom. The maximum atomic E-state index is 6.17. The number of fused-ring (bicyclic) bond motifs is 1. The fourth-order valence-corrected chi connectivity index (χ4v) is 3.45. The first-order valence-electron chi connectivity index (χ1n) is 6.62. The predicted molar refractivity (Wildman–Crippen MR) is 75.7 cm³/mol. The lowest BCUT2D eigenvalue weighted by Gasteiger charge is -2.19. The Labute approximate surface area is 115 Å². The SMILES string of the molecule is Cc1ncccc1CN1CC2CCC(N)C2C1.Cl. The number of hydrogen-bond donors (Lipinski definition) is 1. The van der Waals surface area contributed by atoms with Gasteiger partial charge in [0.05, 0.1) is 0 Å². The average molecular weight is 268 g/mol. The summed E-state index contributed by atoms with van der Waals surface area (Å²) in [6.07, 6.45) is 4.43. The molecule has 2 N–H and O–H groups in total. The number of aryl methyl sites for hydroxylation is 1. The molecule has 0 spiro atoms. The van der Waals surface area contributed by atoms with Crippen LogP contribution in [0.1, 0.15) is 24.1 Å². The Morgan fingerprint density at radius 2 is 2.22 bits per heavy atom. The Bertz CT molecular complexity index is 410. The molecule has 1 aromatic heterocycles. The first-order valence-corrected chi connectivity index (χ1v) is 6.62. The third-order valence-electron chi connectivity index (χ3n) is 4.50. The summed E-state index contributed by atoms with van der Waals surface area (Å²) in [5.74, 6) is 1.59. The van der Waals surface area contributed by atoms with Gasteiger partial charge in [-0.15, -0.1) is 12.4 Å². The van der Waals surface area contributed by atoms with Gasteiger partial charge in [0.15, 0.2) is 0 Å². The highest BCUT2D eigenvalue weighted by Crippen LogP contribution is 2.37. The average Bonchev–Trinajstić information content (AvgIpc) is 2.85. The van der Waals surface area contributed by atoms with Gasteiger partial charge >= 0.3 is 0 Å². The third-order valence-corrected chi connectivity index (χ3v) is 4.50. The fourth-order valence-electron chi connectivity index (χ4n) is 3.45. The van der Waals surface area contributed by atoms with E-state index in [9.17, 15) is 0 Å². The van der Waals surface area contributed by atoms with E-state index in [2.05, 4.69) is 22.9 Å². The molecule has 0 amide bonds. The summed E-state index contributed by atoms with van der Waals surface area (Å²) in [5.41, 5.74) is 8.69. The molecule has 3 nitrogen and oxygen atoms in total. The second-order valence-electron chi connectivity index (χ2n) is 5.61. The molecular weight excluding hydrogens is 246 g/mol. The Kier molecular flexibility index (Phi) is 4.25. The van der Waals surface area contributed by atoms with Crippen LogP contribution >= 0.6 is 12.4 Å². The number of nitrogens with two attached hydrogens (primary N) is 1. The van der Waals surface area contributed by atoms with E-state index in [4.69, 9.17) is 5.73 Å². The lowest BCUT2D eigenvalue weighted by molar-refractivity contribution is 0.297. The molecule has 1 aliphatic heterocycles. The minimum absolute atomic E-state index is 0. The summed E-state index contributed by atoms with van der Waals surface area (Å²) in [4.78, 5) is 6.91. The molecule has 2 fully saturated rings. The Balaban J connectivity index is 0.00000120. The van der Waals surface area contributed by atoms with E-state index in [1.165, 1.54) is 31.5 Å². The molecule has 3 unspecified atom stereocenters. The molecule has 4 heteroatoms. The van der Waals surface area contributed by atoms with Gasteiger partial charge in [0.1, 0.15) is 0 Å². The molecule has 1 aliphatic carbocycles. The highest BCUT2D eigenvalue weighted by molar-refractivity contribution is 5.85. The zero-order valence-corrected chi connectivity index (χ0v) is 11.7. The number of hydrogen-bond acceptors (Lipinski definition) is 3. The number of halogens is 1. The summed E-state index contributed by atoms with van der Waals surface area (Å²) in [7, 11) is 0. The van der Waals surface area contributed by atoms with E-state index >= 15 is 0 Å². The summed E-state index contributed by atoms with van der Waals surface area (Å²) < 4.78 is 0. The molecule has 1 aromatic rings. The topological polar surface area (TPSA) is 42.2 Å². The molecule has 1 saturated carbocycles. The maximum Gasteiger partial charge on any atom is 0.0417 e. The minimum atomic E-state index is 0. The van der Waals surface area contributed by atoms with Crippen LogP contribution in [0.5, 0.6) is 0 Å². The molecule has 0 aromatic carbocycles. The van der Waals surface area contributed by atoms with Crippen LogP contribution in [0.4, 0.5) is 0 Å². The van der Waals surface area contributed by atoms with Crippen molar-refractivity contribution < 1.29 is 0 Å². The monoisotopic (exact) mass is 267 g/mol. The predicted octanol–water partition coefficient (Wildman–Crippen LogP) is 1.98. The lowest BCUT2D eigenvalue weighted by Crippen LogP contribution is -2.30. The molecule has 2 heterocycles. The Hall–Kier alpha value is -0.640. The van der Waals surface area contributed by atoms with Crippen molar-refractivity contribution in [1.29, 1.82) is 0 Å². The molecular formula is C14H22ClN3. The molecule has 1 saturated heterocycles. The van der Waals surface area contributed by atoms with Crippen molar-refractivity contribution in [2.75, 3.05) is 13.1 Å². The second-order valence-corrected chi connectivity index (χ2v) is 5.61. The van der Waals surface area contributed by atoms with Gasteiger partial charge in [-0.25, -0.2) is 0 Å². The van der Waals surface area contributed by atoms with E-state index in [-0.39, 0.29) is 12.4 Å². The highest BCUT2D eigenvalue weighted by Gasteiger charge is 2.40. The molecule has 0 bridgehead atoms. The van der Waals surface area contributed by atoms with Crippen LogP contribution in [-0.4, -0.2) is 29.0 Å². The van der Waals surface area contributed by atoms with Gasteiger partial charge in [-0.2, -0.15) is 0 Å². The van der Waals surface area contributed by atoms with Crippen molar-refractivity contribution in [3.05, 3.63) is 29.6 Å². The number of aromatic nitrogens is 1. The lowest BCUT2D eigenvalue weighted by atomic mass is 9.98. The molecule has 0 radical (unpaired) electrons. The number of pyridine rings is 1. The van der Waals surface area contributed by atoms with E-state index < -0.39 is 0 Å². The Morgan fingerprint density at radius 3 is 2.94 bits per heavy atom. The van der Waals surface area contributed by atoms with Crippen LogP contribution in [0.15, 0.2) is 18.3 Å². The molecule has 18 heavy (non-hydrogen) atoms. The minimum Gasteiger partial charge on any atom is -0.327 e. The van der Waals surface area contributed by atoms with E-state index in [1.807, 2.05) is 12.3 Å². The van der Waals surface area contributed by atoms with Crippen molar-refractivity contribution in [3.63, 3.8) is 0 Å². The standard InChI is InChI=1S/C14H21N3.ClH/c1-10-11(3-2-6-16-10)7-17-8-12-4-5-14(15)13(12)9-17;/h2-3,6,12-14H,4-5,7-9,15H2,1H3;1H. The number of likely N-dealkylation sites (tertiary alicyclic amines) is 1. The van der Waals surface area contributed by atoms with Crippen LogP contribution in [0, 0.1) is 18.8 Å². The zero-order valence-electron chi connectivity index (χ0n) is 10.9. The summed E-state index contributed by atoms with van der Waals surface area (Å²) in [6, 6.07) is 4.67. The maximum absolute atomic E-state index is 6.17. The normalized spacial score (nSPS) is 31.1. The quantitative estimate of drug-likeness (QED) is 0.891. The van der Waals surface area contributed by atoms with Crippen LogP contribution in [0.3, 0.4) is 0 Å². The van der Waals surface area contributed by atoms with Crippen molar-refractivity contribution in [2.45, 2.75) is 32.4 Å². The van der Waals surface area contributed by atoms with E-state index in [1.54, 1.807) is 0 Å². The van der Waals surface area contributed by atoms with Gasteiger partial charge in [0.2, 0.25) is 0 Å². The third kappa shape index (κ3) is 2.53. The van der Waals surface area contributed by atoms with Gasteiger partial charge in [0, 0.05) is 37.6 Å². The van der Waals surface area contributed by atoms with Gasteiger partial charge < -0.3 is 5.73 Å². The second kappa shape index (κ2) is 5.55. The van der Waals surface area contributed by atoms with E-state index in [0.717, 1.165) is 24.1 Å². The van der Waals surface area contributed by atoms with Gasteiger partial charge in [0.25, 0.3) is 0 Å². The molecule has 3 rings (SSSR count). The van der Waals surface area contributed by atoms with Crippen molar-refractivity contribution in [1.82, 2.24) is 9.88 Å². The molecule has 100 valence electrons. The highest BCUT2D eigenvalue weighted by atomic mass is 35.5. The number of nitrogens with zero attached hydrogens (tertiary/aromatic N) is 2. The van der Waals surface area contributed by atoms with E-state index in [0.29, 0.717) is 6.04 Å². The summed E-state index contributed by atoms with van der Waals surface area (Å²) in [5, 5.41) is 0. The van der Waals surface area contributed by atoms with Crippen molar-refractivity contribution >= 4 is 12.4 Å². The largest absolute Gasteiger partial charge is 0.327 e. The van der Waals surface area contributed by atoms with Gasteiger partial charge in [-0.3, -0.25) is 9.88 Å². The zero-order chi connectivity index (χ0) is 11.8.